The molecule has 1 aromatic heterocycles. The van der Waals surface area contributed by atoms with E-state index in [4.69, 9.17) is 4.74 Å². The summed E-state index contributed by atoms with van der Waals surface area (Å²) in [6, 6.07) is 8.90. The summed E-state index contributed by atoms with van der Waals surface area (Å²) in [5.74, 6) is 0.0630. The van der Waals surface area contributed by atoms with Crippen LogP contribution in [0.1, 0.15) is 17.5 Å². The summed E-state index contributed by atoms with van der Waals surface area (Å²) >= 11 is 0. The van der Waals surface area contributed by atoms with Crippen LogP contribution in [0.15, 0.2) is 42.7 Å². The Labute approximate surface area is 118 Å². The molecule has 4 heteroatoms. The van der Waals surface area contributed by atoms with Gasteiger partial charge < -0.3 is 10.1 Å². The average Bonchev–Trinajstić information content (AvgIpc) is 2.46. The second-order valence-corrected chi connectivity index (χ2v) is 4.63. The van der Waals surface area contributed by atoms with E-state index in [9.17, 15) is 4.39 Å². The van der Waals surface area contributed by atoms with Crippen LogP contribution in [-0.2, 0) is 6.54 Å². The third kappa shape index (κ3) is 4.31. The zero-order valence-corrected chi connectivity index (χ0v) is 11.6. The lowest BCUT2D eigenvalue weighted by atomic mass is 10.2. The summed E-state index contributed by atoms with van der Waals surface area (Å²) < 4.78 is 19.0. The standard InChI is InChI=1S/C16H19FN2O/c1-13-5-2-7-15(17)16(13)20-10-4-9-19-12-14-6-3-8-18-11-14/h2-3,5-8,11,19H,4,9-10,12H2,1H3. The molecule has 1 N–H and O–H groups in total. The van der Waals surface area contributed by atoms with E-state index in [2.05, 4.69) is 10.3 Å². The number of aryl methyl sites for hydroxylation is 1. The van der Waals surface area contributed by atoms with Crippen molar-refractivity contribution in [3.63, 3.8) is 0 Å². The Hall–Kier alpha value is -1.94. The Morgan fingerprint density at radius 1 is 1.25 bits per heavy atom. The van der Waals surface area contributed by atoms with Gasteiger partial charge in [-0.25, -0.2) is 4.39 Å². The number of hydrogen-bond acceptors (Lipinski definition) is 3. The van der Waals surface area contributed by atoms with Gasteiger partial charge in [-0.1, -0.05) is 18.2 Å². The van der Waals surface area contributed by atoms with Crippen molar-refractivity contribution in [1.29, 1.82) is 0 Å². The summed E-state index contributed by atoms with van der Waals surface area (Å²) in [7, 11) is 0. The van der Waals surface area contributed by atoms with Crippen molar-refractivity contribution in [2.24, 2.45) is 0 Å². The molecule has 0 unspecified atom stereocenters. The van der Waals surface area contributed by atoms with Gasteiger partial charge in [-0.15, -0.1) is 0 Å². The number of nitrogens with one attached hydrogen (secondary N) is 1. The van der Waals surface area contributed by atoms with E-state index in [0.717, 1.165) is 30.6 Å². The van der Waals surface area contributed by atoms with Gasteiger partial charge in [0.1, 0.15) is 0 Å². The molecular formula is C16H19FN2O. The predicted octanol–water partition coefficient (Wildman–Crippen LogP) is 3.09. The predicted molar refractivity (Wildman–Crippen MR) is 77.2 cm³/mol. The highest BCUT2D eigenvalue weighted by molar-refractivity contribution is 5.33. The number of halogens is 1. The van der Waals surface area contributed by atoms with Gasteiger partial charge in [0, 0.05) is 18.9 Å². The number of pyridine rings is 1. The first kappa shape index (κ1) is 14.5. The van der Waals surface area contributed by atoms with Crippen LogP contribution in [0.2, 0.25) is 0 Å². The van der Waals surface area contributed by atoms with Gasteiger partial charge in [0.15, 0.2) is 11.6 Å². The molecule has 106 valence electrons. The molecular weight excluding hydrogens is 255 g/mol. The summed E-state index contributed by atoms with van der Waals surface area (Å²) in [5.41, 5.74) is 1.98. The minimum Gasteiger partial charge on any atom is -0.490 e. The van der Waals surface area contributed by atoms with Gasteiger partial charge >= 0.3 is 0 Å². The molecule has 0 fully saturated rings. The van der Waals surface area contributed by atoms with E-state index in [1.54, 1.807) is 12.3 Å². The molecule has 0 saturated heterocycles. The first-order valence-electron chi connectivity index (χ1n) is 6.75. The molecule has 2 aromatic rings. The first-order valence-corrected chi connectivity index (χ1v) is 6.75. The molecule has 0 atom stereocenters. The van der Waals surface area contributed by atoms with Crippen LogP contribution in [0.3, 0.4) is 0 Å². The quantitative estimate of drug-likeness (QED) is 0.788. The molecule has 0 aliphatic rings. The van der Waals surface area contributed by atoms with Crippen LogP contribution < -0.4 is 10.1 Å². The number of benzene rings is 1. The number of rotatable bonds is 7. The van der Waals surface area contributed by atoms with Crippen molar-refractivity contribution >= 4 is 0 Å². The van der Waals surface area contributed by atoms with Gasteiger partial charge in [-0.2, -0.15) is 0 Å². The monoisotopic (exact) mass is 274 g/mol. The molecule has 0 bridgehead atoms. The molecule has 0 spiro atoms. The minimum atomic E-state index is -0.298. The summed E-state index contributed by atoms with van der Waals surface area (Å²) in [6.45, 7) is 3.95. The van der Waals surface area contributed by atoms with Gasteiger partial charge in [-0.3, -0.25) is 4.98 Å². The third-order valence-electron chi connectivity index (χ3n) is 2.96. The minimum absolute atomic E-state index is 0.298. The van der Waals surface area contributed by atoms with E-state index in [0.29, 0.717) is 12.4 Å². The van der Waals surface area contributed by atoms with Crippen LogP contribution in [0.4, 0.5) is 4.39 Å². The highest BCUT2D eigenvalue weighted by atomic mass is 19.1. The smallest absolute Gasteiger partial charge is 0.165 e. The van der Waals surface area contributed by atoms with Crippen molar-refractivity contribution < 1.29 is 9.13 Å². The van der Waals surface area contributed by atoms with E-state index in [1.165, 1.54) is 6.07 Å². The summed E-state index contributed by atoms with van der Waals surface area (Å²) in [5, 5.41) is 3.30. The molecule has 20 heavy (non-hydrogen) atoms. The highest BCUT2D eigenvalue weighted by Gasteiger charge is 2.05. The molecule has 0 aliphatic carbocycles. The van der Waals surface area contributed by atoms with Crippen molar-refractivity contribution in [3.8, 4) is 5.75 Å². The molecule has 0 radical (unpaired) electrons. The fourth-order valence-corrected chi connectivity index (χ4v) is 1.91. The Bertz CT molecular complexity index is 511. The molecule has 0 amide bonds. The zero-order chi connectivity index (χ0) is 14.2. The van der Waals surface area contributed by atoms with E-state index < -0.39 is 0 Å². The van der Waals surface area contributed by atoms with Crippen LogP contribution in [0.25, 0.3) is 0 Å². The third-order valence-corrected chi connectivity index (χ3v) is 2.96. The van der Waals surface area contributed by atoms with Gasteiger partial charge in [0.25, 0.3) is 0 Å². The van der Waals surface area contributed by atoms with Gasteiger partial charge in [0.05, 0.1) is 6.61 Å². The number of hydrogen-bond donors (Lipinski definition) is 1. The fraction of sp³-hybridized carbons (Fsp3) is 0.312. The normalized spacial score (nSPS) is 10.5. The number of para-hydroxylation sites is 1. The van der Waals surface area contributed by atoms with Crippen LogP contribution in [0.5, 0.6) is 5.75 Å². The average molecular weight is 274 g/mol. The van der Waals surface area contributed by atoms with Gasteiger partial charge in [0.2, 0.25) is 0 Å². The molecule has 3 nitrogen and oxygen atoms in total. The Balaban J connectivity index is 1.65. The Morgan fingerprint density at radius 2 is 2.15 bits per heavy atom. The Kier molecular flexibility index (Phi) is 5.50. The van der Waals surface area contributed by atoms with E-state index in [1.807, 2.05) is 31.3 Å². The molecule has 2 rings (SSSR count). The maximum atomic E-state index is 13.5. The molecule has 1 aromatic carbocycles. The first-order chi connectivity index (χ1) is 9.77. The van der Waals surface area contributed by atoms with Crippen molar-refractivity contribution in [3.05, 3.63) is 59.7 Å². The van der Waals surface area contributed by atoms with Crippen LogP contribution >= 0.6 is 0 Å². The lowest BCUT2D eigenvalue weighted by Gasteiger charge is -2.10. The maximum absolute atomic E-state index is 13.5. The molecule has 0 aliphatic heterocycles. The number of aromatic nitrogens is 1. The van der Waals surface area contributed by atoms with Crippen LogP contribution in [-0.4, -0.2) is 18.1 Å². The van der Waals surface area contributed by atoms with E-state index >= 15 is 0 Å². The lowest BCUT2D eigenvalue weighted by Crippen LogP contribution is -2.17. The van der Waals surface area contributed by atoms with Crippen molar-refractivity contribution in [2.45, 2.75) is 19.9 Å². The molecule has 1 heterocycles. The SMILES string of the molecule is Cc1cccc(F)c1OCCCNCc1cccnc1. The van der Waals surface area contributed by atoms with E-state index in [-0.39, 0.29) is 5.82 Å². The van der Waals surface area contributed by atoms with Crippen molar-refractivity contribution in [1.82, 2.24) is 10.3 Å². The lowest BCUT2D eigenvalue weighted by molar-refractivity contribution is 0.291. The molecule has 0 saturated carbocycles. The largest absolute Gasteiger partial charge is 0.490 e. The second-order valence-electron chi connectivity index (χ2n) is 4.63. The van der Waals surface area contributed by atoms with Crippen LogP contribution in [0, 0.1) is 12.7 Å². The maximum Gasteiger partial charge on any atom is 0.165 e. The summed E-state index contributed by atoms with van der Waals surface area (Å²) in [6.07, 6.45) is 4.42. The highest BCUT2D eigenvalue weighted by Crippen LogP contribution is 2.21. The van der Waals surface area contributed by atoms with Gasteiger partial charge in [-0.05, 0) is 43.1 Å². The number of ether oxygens (including phenoxy) is 1. The summed E-state index contributed by atoms with van der Waals surface area (Å²) in [4.78, 5) is 4.05. The Morgan fingerprint density at radius 3 is 2.90 bits per heavy atom. The second kappa shape index (κ2) is 7.60. The fourth-order valence-electron chi connectivity index (χ4n) is 1.91. The van der Waals surface area contributed by atoms with Crippen molar-refractivity contribution in [2.75, 3.05) is 13.2 Å². The topological polar surface area (TPSA) is 34.1 Å². The zero-order valence-electron chi connectivity index (χ0n) is 11.6. The number of nitrogens with zero attached hydrogens (tertiary/aromatic N) is 1.